The number of rotatable bonds is 4. The summed E-state index contributed by atoms with van der Waals surface area (Å²) < 4.78 is 14.9. The Hall–Kier alpha value is -2.57. The molecule has 1 aromatic carbocycles. The second-order valence-electron chi connectivity index (χ2n) is 4.70. The third-order valence-electron chi connectivity index (χ3n) is 3.16. The first kappa shape index (κ1) is 15.8. The van der Waals surface area contributed by atoms with Crippen LogP contribution in [0.4, 0.5) is 5.69 Å². The molecule has 0 saturated carbocycles. The Morgan fingerprint density at radius 1 is 1.36 bits per heavy atom. The number of benzene rings is 1. The van der Waals surface area contributed by atoms with Crippen LogP contribution in [-0.2, 0) is 23.9 Å². The molecular weight excluding hydrogens is 290 g/mol. The topological polar surface area (TPSA) is 82.1 Å². The fourth-order valence-electron chi connectivity index (χ4n) is 2.07. The predicted octanol–water partition coefficient (Wildman–Crippen LogP) is 0.907. The van der Waals surface area contributed by atoms with Crippen LogP contribution in [0.5, 0.6) is 5.75 Å². The maximum atomic E-state index is 12.1. The number of methoxy groups -OCH3 is 1. The maximum Gasteiger partial charge on any atom is 0.346 e. The van der Waals surface area contributed by atoms with E-state index in [1.54, 1.807) is 24.3 Å². The molecule has 1 aliphatic rings. The van der Waals surface area contributed by atoms with E-state index in [2.05, 4.69) is 4.74 Å². The quantitative estimate of drug-likeness (QED) is 0.769. The van der Waals surface area contributed by atoms with Crippen LogP contribution < -0.4 is 9.64 Å². The van der Waals surface area contributed by atoms with Crippen molar-refractivity contribution in [1.82, 2.24) is 0 Å². The number of ether oxygens (including phenoxy) is 3. The second-order valence-corrected chi connectivity index (χ2v) is 4.70. The maximum absolute atomic E-state index is 12.1. The molecular formula is C15H17NO6. The Bertz CT molecular complexity index is 585. The van der Waals surface area contributed by atoms with E-state index in [-0.39, 0.29) is 25.5 Å². The number of para-hydroxylation sites is 2. The Morgan fingerprint density at radius 2 is 2.09 bits per heavy atom. The van der Waals surface area contributed by atoms with Gasteiger partial charge in [-0.1, -0.05) is 12.1 Å². The van der Waals surface area contributed by atoms with Crippen LogP contribution in [0.25, 0.3) is 0 Å². The van der Waals surface area contributed by atoms with E-state index in [1.807, 2.05) is 0 Å². The number of anilines is 1. The smallest absolute Gasteiger partial charge is 0.346 e. The van der Waals surface area contributed by atoms with Gasteiger partial charge in [-0.3, -0.25) is 14.5 Å². The van der Waals surface area contributed by atoms with Gasteiger partial charge in [0, 0.05) is 0 Å². The number of esters is 2. The molecule has 7 heteroatoms. The van der Waals surface area contributed by atoms with E-state index in [4.69, 9.17) is 9.47 Å². The van der Waals surface area contributed by atoms with Gasteiger partial charge in [-0.05, 0) is 19.1 Å². The van der Waals surface area contributed by atoms with Gasteiger partial charge in [-0.15, -0.1) is 0 Å². The van der Waals surface area contributed by atoms with Gasteiger partial charge in [0.2, 0.25) is 5.91 Å². The van der Waals surface area contributed by atoms with Crippen molar-refractivity contribution in [2.75, 3.05) is 25.2 Å². The van der Waals surface area contributed by atoms with E-state index >= 15 is 0 Å². The SMILES string of the molecule is COC(=O)[C@@H](C)OC(=O)CN1C(=O)CCOc2ccccc21. The summed E-state index contributed by atoms with van der Waals surface area (Å²) in [6.45, 7) is 1.37. The Kier molecular flexibility index (Phi) is 4.98. The van der Waals surface area contributed by atoms with Crippen molar-refractivity contribution in [3.63, 3.8) is 0 Å². The zero-order valence-electron chi connectivity index (χ0n) is 12.4. The molecule has 118 valence electrons. The predicted molar refractivity (Wildman–Crippen MR) is 76.5 cm³/mol. The van der Waals surface area contributed by atoms with E-state index in [0.29, 0.717) is 11.4 Å². The lowest BCUT2D eigenvalue weighted by Crippen LogP contribution is -2.38. The molecule has 1 atom stereocenters. The summed E-state index contributed by atoms with van der Waals surface area (Å²) in [4.78, 5) is 36.6. The van der Waals surface area contributed by atoms with Gasteiger partial charge in [0.05, 0.1) is 25.8 Å². The number of fused-ring (bicyclic) bond motifs is 1. The number of hydrogen-bond acceptors (Lipinski definition) is 6. The Balaban J connectivity index is 2.12. The van der Waals surface area contributed by atoms with Crippen molar-refractivity contribution in [2.45, 2.75) is 19.4 Å². The molecule has 0 radical (unpaired) electrons. The van der Waals surface area contributed by atoms with Crippen LogP contribution in [0.2, 0.25) is 0 Å². The molecule has 0 fully saturated rings. The highest BCUT2D eigenvalue weighted by Crippen LogP contribution is 2.30. The van der Waals surface area contributed by atoms with Crippen molar-refractivity contribution < 1.29 is 28.6 Å². The third-order valence-corrected chi connectivity index (χ3v) is 3.16. The van der Waals surface area contributed by atoms with Crippen molar-refractivity contribution >= 4 is 23.5 Å². The average molecular weight is 307 g/mol. The van der Waals surface area contributed by atoms with Crippen molar-refractivity contribution in [3.8, 4) is 5.75 Å². The fourth-order valence-corrected chi connectivity index (χ4v) is 2.07. The minimum Gasteiger partial charge on any atom is -0.491 e. The lowest BCUT2D eigenvalue weighted by atomic mass is 10.2. The van der Waals surface area contributed by atoms with Gasteiger partial charge < -0.3 is 14.2 Å². The van der Waals surface area contributed by atoms with Gasteiger partial charge >= 0.3 is 11.9 Å². The molecule has 0 aliphatic carbocycles. The van der Waals surface area contributed by atoms with E-state index in [1.165, 1.54) is 18.9 Å². The molecule has 0 bridgehead atoms. The Labute approximate surface area is 127 Å². The zero-order valence-corrected chi connectivity index (χ0v) is 12.4. The minimum absolute atomic E-state index is 0.161. The highest BCUT2D eigenvalue weighted by molar-refractivity contribution is 5.99. The van der Waals surface area contributed by atoms with Gasteiger partial charge in [0.25, 0.3) is 0 Å². The van der Waals surface area contributed by atoms with Crippen molar-refractivity contribution in [3.05, 3.63) is 24.3 Å². The molecule has 0 N–H and O–H groups in total. The molecule has 0 aromatic heterocycles. The first-order valence-corrected chi connectivity index (χ1v) is 6.82. The highest BCUT2D eigenvalue weighted by atomic mass is 16.6. The molecule has 22 heavy (non-hydrogen) atoms. The normalized spacial score (nSPS) is 15.2. The molecule has 1 amide bonds. The van der Waals surface area contributed by atoms with Crippen molar-refractivity contribution in [1.29, 1.82) is 0 Å². The van der Waals surface area contributed by atoms with Gasteiger partial charge in [-0.2, -0.15) is 0 Å². The van der Waals surface area contributed by atoms with Crippen LogP contribution in [0.3, 0.4) is 0 Å². The molecule has 7 nitrogen and oxygen atoms in total. The molecule has 0 unspecified atom stereocenters. The zero-order chi connectivity index (χ0) is 16.1. The van der Waals surface area contributed by atoms with Gasteiger partial charge in [0.1, 0.15) is 12.3 Å². The largest absolute Gasteiger partial charge is 0.491 e. The number of nitrogens with zero attached hydrogens (tertiary/aromatic N) is 1. The lowest BCUT2D eigenvalue weighted by Gasteiger charge is -2.21. The number of carbonyl (C=O) groups is 3. The summed E-state index contributed by atoms with van der Waals surface area (Å²) in [6.07, 6.45) is -0.861. The number of carbonyl (C=O) groups excluding carboxylic acids is 3. The summed E-state index contributed by atoms with van der Waals surface area (Å²) in [5.41, 5.74) is 0.507. The second kappa shape index (κ2) is 6.93. The standard InChI is InChI=1S/C15H17NO6/c1-10(15(19)20-2)22-14(18)9-16-11-5-3-4-6-12(11)21-8-7-13(16)17/h3-6,10H,7-9H2,1-2H3/t10-/m1/s1. The fraction of sp³-hybridized carbons (Fsp3) is 0.400. The first-order valence-electron chi connectivity index (χ1n) is 6.82. The van der Waals surface area contributed by atoms with Crippen LogP contribution in [0.1, 0.15) is 13.3 Å². The Morgan fingerprint density at radius 3 is 2.82 bits per heavy atom. The van der Waals surface area contributed by atoms with E-state index in [0.717, 1.165) is 0 Å². The first-order chi connectivity index (χ1) is 10.5. The van der Waals surface area contributed by atoms with Crippen LogP contribution in [0, 0.1) is 0 Å². The highest BCUT2D eigenvalue weighted by Gasteiger charge is 2.27. The summed E-state index contributed by atoms with van der Waals surface area (Å²) in [7, 11) is 1.21. The van der Waals surface area contributed by atoms with E-state index in [9.17, 15) is 14.4 Å². The summed E-state index contributed by atoms with van der Waals surface area (Å²) in [5.74, 6) is -1.06. The van der Waals surface area contributed by atoms with Crippen LogP contribution in [0.15, 0.2) is 24.3 Å². The third kappa shape index (κ3) is 3.55. The van der Waals surface area contributed by atoms with Gasteiger partial charge in [-0.25, -0.2) is 4.79 Å². The monoisotopic (exact) mass is 307 g/mol. The summed E-state index contributed by atoms with van der Waals surface area (Å²) >= 11 is 0. The lowest BCUT2D eigenvalue weighted by molar-refractivity contribution is -0.163. The molecule has 0 spiro atoms. The molecule has 1 heterocycles. The molecule has 1 aliphatic heterocycles. The van der Waals surface area contributed by atoms with E-state index < -0.39 is 18.0 Å². The minimum atomic E-state index is -1.02. The van der Waals surface area contributed by atoms with Crippen LogP contribution >= 0.6 is 0 Å². The number of amides is 1. The van der Waals surface area contributed by atoms with Crippen molar-refractivity contribution in [2.24, 2.45) is 0 Å². The average Bonchev–Trinajstić information content (AvgIpc) is 2.66. The van der Waals surface area contributed by atoms with Crippen LogP contribution in [-0.4, -0.2) is 44.2 Å². The molecule has 2 rings (SSSR count). The number of hydrogen-bond donors (Lipinski definition) is 0. The molecule has 0 saturated heterocycles. The summed E-state index contributed by atoms with van der Waals surface area (Å²) in [5, 5.41) is 0. The van der Waals surface area contributed by atoms with Gasteiger partial charge in [0.15, 0.2) is 6.10 Å². The molecule has 1 aromatic rings. The summed E-state index contributed by atoms with van der Waals surface area (Å²) in [6, 6.07) is 6.94.